The third kappa shape index (κ3) is 3.84. The van der Waals surface area contributed by atoms with Gasteiger partial charge >= 0.3 is 6.18 Å². The van der Waals surface area contributed by atoms with Crippen molar-refractivity contribution in [2.45, 2.75) is 56.2 Å². The number of aromatic nitrogens is 2. The maximum atomic E-state index is 13.0. The fraction of sp³-hybridized carbons (Fsp3) is 0.556. The molecule has 2 heterocycles. The summed E-state index contributed by atoms with van der Waals surface area (Å²) < 4.78 is 40.9. The Hall–Kier alpha value is -1.70. The average molecular weight is 385 g/mol. The molecule has 1 unspecified atom stereocenters. The van der Waals surface area contributed by atoms with Crippen molar-refractivity contribution >= 4 is 28.7 Å². The van der Waals surface area contributed by atoms with Crippen molar-refractivity contribution in [3.8, 4) is 0 Å². The molecular formula is C18H22F3N3OS. The molecule has 2 aromatic rings. The van der Waals surface area contributed by atoms with Crippen LogP contribution in [0.4, 0.5) is 13.2 Å². The van der Waals surface area contributed by atoms with Gasteiger partial charge in [0.05, 0.1) is 21.8 Å². The molecule has 0 bridgehead atoms. The summed E-state index contributed by atoms with van der Waals surface area (Å²) >= 11 is 1.32. The number of likely N-dealkylation sites (tertiary alicyclic amines) is 1. The molecule has 1 aromatic heterocycles. The second-order valence-electron chi connectivity index (χ2n) is 6.54. The van der Waals surface area contributed by atoms with Crippen molar-refractivity contribution < 1.29 is 18.0 Å². The van der Waals surface area contributed by atoms with Gasteiger partial charge in [-0.3, -0.25) is 4.79 Å². The number of fused-ring (bicyclic) bond motifs is 1. The monoisotopic (exact) mass is 385 g/mol. The first-order chi connectivity index (χ1) is 12.3. The molecule has 142 valence electrons. The minimum atomic E-state index is -4.39. The molecule has 3 rings (SSSR count). The van der Waals surface area contributed by atoms with Gasteiger partial charge in [0.25, 0.3) is 0 Å². The quantitative estimate of drug-likeness (QED) is 0.708. The summed E-state index contributed by atoms with van der Waals surface area (Å²) in [7, 11) is 0. The summed E-state index contributed by atoms with van der Waals surface area (Å²) in [6.45, 7) is 5.92. The summed E-state index contributed by atoms with van der Waals surface area (Å²) in [4.78, 5) is 18.9. The van der Waals surface area contributed by atoms with E-state index in [1.807, 2.05) is 18.7 Å². The second-order valence-corrected chi connectivity index (χ2v) is 7.85. The summed E-state index contributed by atoms with van der Waals surface area (Å²) in [5.74, 6) is 0.0681. The van der Waals surface area contributed by atoms with Gasteiger partial charge in [-0.25, -0.2) is 4.98 Å². The summed E-state index contributed by atoms with van der Waals surface area (Å²) in [6.07, 6.45) is -1.57. The molecule has 8 heteroatoms. The van der Waals surface area contributed by atoms with Gasteiger partial charge in [0.2, 0.25) is 5.91 Å². The van der Waals surface area contributed by atoms with E-state index in [4.69, 9.17) is 0 Å². The Bertz CT molecular complexity index is 797. The maximum Gasteiger partial charge on any atom is 0.416 e. The molecule has 1 aromatic carbocycles. The van der Waals surface area contributed by atoms with E-state index >= 15 is 0 Å². The maximum absolute atomic E-state index is 13.0. The molecule has 0 N–H and O–H groups in total. The average Bonchev–Trinajstić information content (AvgIpc) is 3.22. The highest BCUT2D eigenvalue weighted by Crippen LogP contribution is 2.34. The zero-order valence-corrected chi connectivity index (χ0v) is 15.7. The summed E-state index contributed by atoms with van der Waals surface area (Å²) in [5, 5.41) is 0.281. The Balaban J connectivity index is 1.91. The number of carbonyl (C=O) groups excluding carboxylic acids is 1. The number of hydrogen-bond donors (Lipinski definition) is 0. The standard InChI is InChI=1S/C18H22F3N3OS/c1-3-8-24-15-11-13(18(19,20)21)6-7-14(15)22-17(24)26-12(2)16(25)23-9-4-5-10-23/h6-7,11-12H,3-5,8-10H2,1-2H3. The Morgan fingerprint density at radius 1 is 1.31 bits per heavy atom. The lowest BCUT2D eigenvalue weighted by Gasteiger charge is -2.20. The number of halogens is 3. The number of rotatable bonds is 5. The van der Waals surface area contributed by atoms with Gasteiger partial charge in [0.1, 0.15) is 0 Å². The number of imidazole rings is 1. The summed E-state index contributed by atoms with van der Waals surface area (Å²) in [5.41, 5.74) is 0.305. The fourth-order valence-corrected chi connectivity index (χ4v) is 4.24. The van der Waals surface area contributed by atoms with E-state index in [9.17, 15) is 18.0 Å². The van der Waals surface area contributed by atoms with Gasteiger partial charge in [0, 0.05) is 19.6 Å². The molecule has 26 heavy (non-hydrogen) atoms. The fourth-order valence-electron chi connectivity index (χ4n) is 3.21. The highest BCUT2D eigenvalue weighted by Gasteiger charge is 2.31. The van der Waals surface area contributed by atoms with Crippen molar-refractivity contribution in [3.05, 3.63) is 23.8 Å². The normalized spacial score (nSPS) is 16.4. The summed E-state index contributed by atoms with van der Waals surface area (Å²) in [6, 6.07) is 3.61. The van der Waals surface area contributed by atoms with Crippen molar-refractivity contribution in [2.75, 3.05) is 13.1 Å². The first-order valence-electron chi connectivity index (χ1n) is 8.84. The second kappa shape index (κ2) is 7.50. The van der Waals surface area contributed by atoms with Gasteiger partial charge in [-0.15, -0.1) is 0 Å². The SMILES string of the molecule is CCCn1c(SC(C)C(=O)N2CCCC2)nc2ccc(C(F)(F)F)cc21. The van der Waals surface area contributed by atoms with Gasteiger partial charge in [-0.2, -0.15) is 13.2 Å². The van der Waals surface area contributed by atoms with Crippen LogP contribution in [0.3, 0.4) is 0 Å². The number of aryl methyl sites for hydroxylation is 1. The molecule has 0 radical (unpaired) electrons. The van der Waals surface area contributed by atoms with E-state index in [0.29, 0.717) is 22.7 Å². The van der Waals surface area contributed by atoms with Crippen LogP contribution < -0.4 is 0 Å². The van der Waals surface area contributed by atoms with Crippen LogP contribution in [-0.2, 0) is 17.5 Å². The van der Waals surface area contributed by atoms with Crippen molar-refractivity contribution in [2.24, 2.45) is 0 Å². The van der Waals surface area contributed by atoms with Crippen LogP contribution >= 0.6 is 11.8 Å². The molecule has 0 saturated carbocycles. The van der Waals surface area contributed by atoms with Crippen LogP contribution in [0.25, 0.3) is 11.0 Å². The predicted octanol–water partition coefficient (Wildman–Crippen LogP) is 4.57. The number of hydrogen-bond acceptors (Lipinski definition) is 3. The van der Waals surface area contributed by atoms with Crippen LogP contribution in [0.1, 0.15) is 38.7 Å². The zero-order chi connectivity index (χ0) is 18.9. The minimum absolute atomic E-state index is 0.0681. The predicted molar refractivity (Wildman–Crippen MR) is 96.2 cm³/mol. The number of alkyl halides is 3. The number of carbonyl (C=O) groups is 1. The number of benzene rings is 1. The minimum Gasteiger partial charge on any atom is -0.342 e. The van der Waals surface area contributed by atoms with Gasteiger partial charge in [0.15, 0.2) is 5.16 Å². The highest BCUT2D eigenvalue weighted by atomic mass is 32.2. The molecule has 4 nitrogen and oxygen atoms in total. The molecule has 1 amide bonds. The molecule has 0 aliphatic carbocycles. The van der Waals surface area contributed by atoms with E-state index in [1.165, 1.54) is 17.8 Å². The van der Waals surface area contributed by atoms with Crippen molar-refractivity contribution in [3.63, 3.8) is 0 Å². The van der Waals surface area contributed by atoms with Crippen LogP contribution in [0.5, 0.6) is 0 Å². The Kier molecular flexibility index (Phi) is 5.50. The molecule has 1 atom stereocenters. The molecule has 1 aliphatic rings. The van der Waals surface area contributed by atoms with E-state index in [1.54, 1.807) is 4.57 Å². The molecular weight excluding hydrogens is 363 g/mol. The molecule has 1 saturated heterocycles. The first-order valence-corrected chi connectivity index (χ1v) is 9.72. The topological polar surface area (TPSA) is 38.1 Å². The first kappa shape index (κ1) is 19.1. The third-order valence-corrected chi connectivity index (χ3v) is 5.61. The lowest BCUT2D eigenvalue weighted by atomic mass is 10.2. The molecule has 0 spiro atoms. The van der Waals surface area contributed by atoms with Crippen molar-refractivity contribution in [1.29, 1.82) is 0 Å². The van der Waals surface area contributed by atoms with Crippen LogP contribution in [0.15, 0.2) is 23.4 Å². The lowest BCUT2D eigenvalue weighted by molar-refractivity contribution is -0.137. The molecule has 1 aliphatic heterocycles. The van der Waals surface area contributed by atoms with Gasteiger partial charge in [-0.05, 0) is 44.4 Å². The Morgan fingerprint density at radius 2 is 2.00 bits per heavy atom. The highest BCUT2D eigenvalue weighted by molar-refractivity contribution is 8.00. The van der Waals surface area contributed by atoms with E-state index in [0.717, 1.165) is 44.5 Å². The van der Waals surface area contributed by atoms with E-state index in [2.05, 4.69) is 4.98 Å². The number of nitrogens with zero attached hydrogens (tertiary/aromatic N) is 3. The van der Waals surface area contributed by atoms with Gasteiger partial charge in [-0.1, -0.05) is 18.7 Å². The molecule has 1 fully saturated rings. The number of amides is 1. The van der Waals surface area contributed by atoms with E-state index in [-0.39, 0.29) is 11.2 Å². The van der Waals surface area contributed by atoms with Crippen LogP contribution in [0.2, 0.25) is 0 Å². The van der Waals surface area contributed by atoms with Crippen LogP contribution in [0, 0.1) is 0 Å². The van der Waals surface area contributed by atoms with Crippen LogP contribution in [-0.4, -0.2) is 38.7 Å². The largest absolute Gasteiger partial charge is 0.416 e. The smallest absolute Gasteiger partial charge is 0.342 e. The van der Waals surface area contributed by atoms with E-state index < -0.39 is 11.7 Å². The third-order valence-electron chi connectivity index (χ3n) is 4.54. The number of thioether (sulfide) groups is 1. The Labute approximate surface area is 154 Å². The van der Waals surface area contributed by atoms with Gasteiger partial charge < -0.3 is 9.47 Å². The zero-order valence-electron chi connectivity index (χ0n) is 14.8. The van der Waals surface area contributed by atoms with Crippen molar-refractivity contribution in [1.82, 2.24) is 14.5 Å². The lowest BCUT2D eigenvalue weighted by Crippen LogP contribution is -2.34. The Morgan fingerprint density at radius 3 is 2.62 bits per heavy atom.